The van der Waals surface area contributed by atoms with Crippen molar-refractivity contribution < 1.29 is 19.2 Å². The summed E-state index contributed by atoms with van der Waals surface area (Å²) in [4.78, 5) is 30.4. The number of nitrogens with two attached hydrogens (primary N) is 3. The minimum Gasteiger partial charge on any atom is -0.408 e. The van der Waals surface area contributed by atoms with Crippen LogP contribution in [0.4, 0.5) is 33.2 Å². The maximum atomic E-state index is 10.3. The molecular weight excluding hydrogens is 523 g/mol. The minimum absolute atomic E-state index is 0.0556. The zero-order chi connectivity index (χ0) is 22.1. The Hall–Kier alpha value is -3.42. The van der Waals surface area contributed by atoms with Gasteiger partial charge in [-0.2, -0.15) is 0 Å². The van der Waals surface area contributed by atoms with E-state index in [2.05, 4.69) is 20.3 Å². The van der Waals surface area contributed by atoms with Gasteiger partial charge in [-0.05, 0) is 12.1 Å². The normalized spacial score (nSPS) is 9.41. The van der Waals surface area contributed by atoms with Crippen molar-refractivity contribution in [2.24, 2.45) is 0 Å². The van der Waals surface area contributed by atoms with Crippen LogP contribution in [-0.4, -0.2) is 29.3 Å². The van der Waals surface area contributed by atoms with Crippen molar-refractivity contribution in [1.82, 2.24) is 0 Å². The van der Waals surface area contributed by atoms with Crippen LogP contribution in [0.15, 0.2) is 50.4 Å². The van der Waals surface area contributed by atoms with E-state index < -0.39 is 20.7 Å². The fourth-order valence-corrected chi connectivity index (χ4v) is 3.27. The Morgan fingerprint density at radius 1 is 0.862 bits per heavy atom. The molecule has 0 saturated carbocycles. The molecule has 154 valence electrons. The number of nitrogens with zero attached hydrogens (tertiary/aromatic N) is 3. The predicted molar refractivity (Wildman–Crippen MR) is 109 cm³/mol. The molecule has 0 aliphatic rings. The topological polar surface area (TPSA) is 221 Å². The monoisotopic (exact) mass is 536 g/mol. The van der Waals surface area contributed by atoms with Crippen LogP contribution < -0.4 is 17.2 Å². The van der Waals surface area contributed by atoms with Gasteiger partial charge in [0.1, 0.15) is 16.9 Å². The van der Waals surface area contributed by atoms with Gasteiger partial charge in [0, 0.05) is 16.6 Å². The van der Waals surface area contributed by atoms with Gasteiger partial charge in [-0.15, -0.1) is 0 Å². The molecule has 3 aromatic rings. The average Bonchev–Trinajstić information content (AvgIpc) is 3.26. The molecule has 2 heterocycles. The molecule has 2 aromatic heterocycles. The van der Waals surface area contributed by atoms with Crippen LogP contribution in [0.2, 0.25) is 0 Å². The second-order valence-electron chi connectivity index (χ2n) is 4.84. The fourth-order valence-electron chi connectivity index (χ4n) is 1.59. The molecule has 3 rings (SSSR count). The summed E-state index contributed by atoms with van der Waals surface area (Å²) in [5.74, 6) is -0.394. The van der Waals surface area contributed by atoms with Crippen LogP contribution in [-0.2, 0) is 0 Å². The molecular formula is C14H13BrN6O7Se. The van der Waals surface area contributed by atoms with Gasteiger partial charge in [-0.25, -0.2) is 0 Å². The van der Waals surface area contributed by atoms with Crippen molar-refractivity contribution in [3.63, 3.8) is 0 Å². The van der Waals surface area contributed by atoms with Crippen LogP contribution in [0, 0.1) is 30.3 Å². The van der Waals surface area contributed by atoms with Gasteiger partial charge in [0.2, 0.25) is 0 Å². The number of furan rings is 1. The van der Waals surface area contributed by atoms with E-state index in [1.54, 1.807) is 17.1 Å². The third kappa shape index (κ3) is 7.25. The quantitative estimate of drug-likeness (QED) is 0.192. The van der Waals surface area contributed by atoms with Crippen LogP contribution in [0.25, 0.3) is 0 Å². The van der Waals surface area contributed by atoms with Gasteiger partial charge in [0.05, 0.1) is 4.92 Å². The molecule has 0 saturated heterocycles. The molecule has 0 unspecified atom stereocenters. The molecule has 0 radical (unpaired) electrons. The third-order valence-electron chi connectivity index (χ3n) is 2.87. The van der Waals surface area contributed by atoms with Crippen LogP contribution in [0.3, 0.4) is 0 Å². The van der Waals surface area contributed by atoms with E-state index in [1.807, 2.05) is 0 Å². The van der Waals surface area contributed by atoms with E-state index in [1.165, 1.54) is 24.5 Å². The fraction of sp³-hybridized carbons (Fsp3) is 0. The zero-order valence-electron chi connectivity index (χ0n) is 14.3. The molecule has 0 bridgehead atoms. The average molecular weight is 536 g/mol. The molecule has 0 fully saturated rings. The second kappa shape index (κ2) is 10.8. The van der Waals surface area contributed by atoms with E-state index in [9.17, 15) is 30.3 Å². The van der Waals surface area contributed by atoms with Crippen LogP contribution in [0.5, 0.6) is 0 Å². The number of nitro benzene ring substituents is 1. The Morgan fingerprint density at radius 3 is 1.83 bits per heavy atom. The summed E-state index contributed by atoms with van der Waals surface area (Å²) in [6.45, 7) is 0. The number of benzene rings is 1. The molecule has 0 aliphatic heterocycles. The Kier molecular flexibility index (Phi) is 8.79. The Balaban J connectivity index is 0.000000219. The zero-order valence-corrected chi connectivity index (χ0v) is 17.6. The molecule has 0 atom stereocenters. The number of hydrogen-bond acceptors (Lipinski definition) is 10. The summed E-state index contributed by atoms with van der Waals surface area (Å²) in [5.41, 5.74) is 16.2. The first-order chi connectivity index (χ1) is 13.5. The van der Waals surface area contributed by atoms with Crippen molar-refractivity contribution >= 4 is 63.6 Å². The van der Waals surface area contributed by atoms with Gasteiger partial charge >= 0.3 is 62.4 Å². The maximum Gasteiger partial charge on any atom is 0.456 e. The van der Waals surface area contributed by atoms with E-state index in [0.29, 0.717) is 10.2 Å². The van der Waals surface area contributed by atoms with Crippen molar-refractivity contribution in [1.29, 1.82) is 0 Å². The number of hydrogen-bond donors (Lipinski definition) is 3. The summed E-state index contributed by atoms with van der Waals surface area (Å²) in [7, 11) is 0. The number of nitro groups is 3. The molecule has 6 N–H and O–H groups in total. The summed E-state index contributed by atoms with van der Waals surface area (Å²) >= 11 is 2.96. The molecule has 0 spiro atoms. The summed E-state index contributed by atoms with van der Waals surface area (Å²) in [5, 5.41) is 30.2. The maximum absolute atomic E-state index is 10.3. The largest absolute Gasteiger partial charge is 0.456 e. The summed E-state index contributed by atoms with van der Waals surface area (Å²) < 4.78 is 5.22. The first-order valence-electron chi connectivity index (χ1n) is 7.18. The minimum atomic E-state index is -0.671. The molecule has 13 nitrogen and oxygen atoms in total. The van der Waals surface area contributed by atoms with E-state index in [4.69, 9.17) is 17.2 Å². The number of rotatable bonds is 3. The molecule has 0 aliphatic carbocycles. The van der Waals surface area contributed by atoms with Gasteiger partial charge in [0.15, 0.2) is 5.69 Å². The van der Waals surface area contributed by atoms with Gasteiger partial charge in [-0.3, -0.25) is 20.2 Å². The SMILES string of the molecule is Nc1cc[se]c1[N+](=O)[O-].Nc1ccc(Br)cc1[N+](=O)[O-].Nc1ccoc1[N+](=O)[O-]. The summed E-state index contributed by atoms with van der Waals surface area (Å²) in [6.07, 6.45) is 1.17. The molecule has 0 amide bonds. The first-order valence-corrected chi connectivity index (χ1v) is 9.82. The van der Waals surface area contributed by atoms with Crippen molar-refractivity contribution in [3.05, 3.63) is 76.4 Å². The number of halogens is 1. The molecule has 29 heavy (non-hydrogen) atoms. The number of nitrogen functional groups attached to an aromatic ring is 3. The first kappa shape index (κ1) is 23.6. The molecule has 15 heteroatoms. The van der Waals surface area contributed by atoms with Gasteiger partial charge in [0.25, 0.3) is 5.69 Å². The third-order valence-corrected chi connectivity index (χ3v) is 5.21. The Bertz CT molecular complexity index is 971. The summed E-state index contributed by atoms with van der Waals surface area (Å²) in [6, 6.07) is 7.43. The number of anilines is 3. The smallest absolute Gasteiger partial charge is 0.408 e. The Morgan fingerprint density at radius 2 is 1.52 bits per heavy atom. The second-order valence-corrected chi connectivity index (χ2v) is 7.63. The Labute approximate surface area is 176 Å². The van der Waals surface area contributed by atoms with Crippen molar-refractivity contribution in [2.45, 2.75) is 0 Å². The van der Waals surface area contributed by atoms with Crippen molar-refractivity contribution in [3.8, 4) is 0 Å². The van der Waals surface area contributed by atoms with Gasteiger partial charge in [-0.1, -0.05) is 15.9 Å². The van der Waals surface area contributed by atoms with E-state index in [-0.39, 0.29) is 36.1 Å². The van der Waals surface area contributed by atoms with Crippen LogP contribution in [0.1, 0.15) is 0 Å². The van der Waals surface area contributed by atoms with E-state index in [0.717, 1.165) is 0 Å². The predicted octanol–water partition coefficient (Wildman–Crippen LogP) is 2.94. The van der Waals surface area contributed by atoms with Crippen LogP contribution >= 0.6 is 15.9 Å². The van der Waals surface area contributed by atoms with E-state index >= 15 is 0 Å². The van der Waals surface area contributed by atoms with Crippen molar-refractivity contribution in [2.75, 3.05) is 17.2 Å². The standard InChI is InChI=1S/C6H5BrN2O2.C4H4N2O3.C4H4N2O2Se/c7-4-1-2-5(8)6(3-4)9(10)11;2*5-3-1-2-9-4(3)6(7)8/h1-3H,8H2;2*1-2H,5H2. The van der Waals surface area contributed by atoms with Gasteiger partial charge < -0.3 is 15.9 Å². The molecule has 1 aromatic carbocycles.